The van der Waals surface area contributed by atoms with Crippen molar-refractivity contribution in [3.63, 3.8) is 0 Å². The van der Waals surface area contributed by atoms with Gasteiger partial charge in [-0.2, -0.15) is 0 Å². The third-order valence-electron chi connectivity index (χ3n) is 5.17. The van der Waals surface area contributed by atoms with E-state index in [0.717, 1.165) is 23.1 Å². The average Bonchev–Trinajstić information content (AvgIpc) is 2.68. The van der Waals surface area contributed by atoms with Crippen LogP contribution in [-0.4, -0.2) is 16.6 Å². The number of nitrogens with zero attached hydrogens (tertiary/aromatic N) is 1. The summed E-state index contributed by atoms with van der Waals surface area (Å²) >= 11 is 0. The number of Topliss-reactive ketones (excluding diaryl/α,β-unsaturated/α-hetero) is 1. The lowest BCUT2D eigenvalue weighted by Gasteiger charge is -2.29. The van der Waals surface area contributed by atoms with Crippen LogP contribution in [0.4, 0.5) is 4.39 Å². The number of rotatable bonds is 7. The Morgan fingerprint density at radius 2 is 1.67 bits per heavy atom. The minimum atomic E-state index is -0.259. The van der Waals surface area contributed by atoms with Crippen LogP contribution in [0.25, 0.3) is 11.1 Å². The predicted molar refractivity (Wildman–Crippen MR) is 117 cm³/mol. The summed E-state index contributed by atoms with van der Waals surface area (Å²) in [5.41, 5.74) is 3.44. The first-order chi connectivity index (χ1) is 14.3. The van der Waals surface area contributed by atoms with E-state index < -0.39 is 0 Å². The van der Waals surface area contributed by atoms with Gasteiger partial charge in [-0.05, 0) is 40.7 Å². The molecule has 0 amide bonds. The number of allylic oxidation sites excluding steroid dienone is 2. The van der Waals surface area contributed by atoms with Gasteiger partial charge in [0.05, 0.1) is 11.3 Å². The summed E-state index contributed by atoms with van der Waals surface area (Å²) in [6.07, 6.45) is 2.21. The maximum atomic E-state index is 13.1. The number of aliphatic hydroxyl groups excluding tert-OH is 1. The lowest BCUT2D eigenvalue weighted by atomic mass is 9.75. The van der Waals surface area contributed by atoms with Gasteiger partial charge in [-0.15, -0.1) is 0 Å². The van der Waals surface area contributed by atoms with Gasteiger partial charge in [-0.3, -0.25) is 4.79 Å². The third-order valence-corrected chi connectivity index (χ3v) is 5.17. The number of oxime groups is 1. The quantitative estimate of drug-likeness (QED) is 0.427. The summed E-state index contributed by atoms with van der Waals surface area (Å²) in [6.45, 7) is 6.20. The van der Waals surface area contributed by atoms with Gasteiger partial charge < -0.3 is 9.94 Å². The molecule has 158 valence electrons. The fraction of sp³-hybridized carbons (Fsp3) is 0.360. The van der Waals surface area contributed by atoms with E-state index in [1.807, 2.05) is 45.0 Å². The lowest BCUT2D eigenvalue weighted by molar-refractivity contribution is -0.118. The molecular formula is C25H28FNO3. The zero-order valence-corrected chi connectivity index (χ0v) is 17.7. The first kappa shape index (κ1) is 21.8. The van der Waals surface area contributed by atoms with Gasteiger partial charge in [-0.25, -0.2) is 4.39 Å². The standard InChI is InChI=1S/C25H28FNO3/c1-4-5-21(24-22(28)14-25(2,3)15-23(24)29)27-30-16-17-6-8-18(9-7-17)19-10-12-20(26)13-11-19/h6-13,28H,4-5,14-16H2,1-3H3. The van der Waals surface area contributed by atoms with Crippen LogP contribution in [0.1, 0.15) is 52.0 Å². The maximum Gasteiger partial charge on any atom is 0.168 e. The first-order valence-corrected chi connectivity index (χ1v) is 10.3. The molecule has 0 aliphatic heterocycles. The number of hydrogen-bond donors (Lipinski definition) is 1. The van der Waals surface area contributed by atoms with E-state index in [1.54, 1.807) is 12.1 Å². The van der Waals surface area contributed by atoms with Crippen molar-refractivity contribution < 1.29 is 19.1 Å². The highest BCUT2D eigenvalue weighted by Crippen LogP contribution is 2.36. The minimum absolute atomic E-state index is 0.0804. The topological polar surface area (TPSA) is 58.9 Å². The van der Waals surface area contributed by atoms with Crippen molar-refractivity contribution in [2.45, 2.75) is 53.1 Å². The molecule has 2 aromatic rings. The van der Waals surface area contributed by atoms with E-state index in [9.17, 15) is 14.3 Å². The lowest BCUT2D eigenvalue weighted by Crippen LogP contribution is -2.29. The Morgan fingerprint density at radius 3 is 2.23 bits per heavy atom. The Balaban J connectivity index is 1.70. The normalized spacial score (nSPS) is 16.7. The summed E-state index contributed by atoms with van der Waals surface area (Å²) in [6, 6.07) is 14.1. The van der Waals surface area contributed by atoms with Gasteiger partial charge in [0.15, 0.2) is 5.78 Å². The molecule has 1 aliphatic carbocycles. The molecule has 0 radical (unpaired) electrons. The highest BCUT2D eigenvalue weighted by Gasteiger charge is 2.35. The fourth-order valence-corrected chi connectivity index (χ4v) is 3.69. The largest absolute Gasteiger partial charge is 0.511 e. The molecule has 0 heterocycles. The van der Waals surface area contributed by atoms with Crippen LogP contribution in [0, 0.1) is 11.2 Å². The number of halogens is 1. The van der Waals surface area contributed by atoms with Crippen LogP contribution in [0.2, 0.25) is 0 Å². The molecule has 0 unspecified atom stereocenters. The molecule has 5 heteroatoms. The molecule has 0 saturated carbocycles. The summed E-state index contributed by atoms with van der Waals surface area (Å²) in [7, 11) is 0. The van der Waals surface area contributed by atoms with E-state index in [1.165, 1.54) is 12.1 Å². The molecule has 0 aromatic heterocycles. The van der Waals surface area contributed by atoms with Crippen LogP contribution < -0.4 is 0 Å². The summed E-state index contributed by atoms with van der Waals surface area (Å²) in [4.78, 5) is 18.1. The second kappa shape index (κ2) is 9.24. The van der Waals surface area contributed by atoms with E-state index in [4.69, 9.17) is 4.84 Å². The van der Waals surface area contributed by atoms with Crippen LogP contribution >= 0.6 is 0 Å². The van der Waals surface area contributed by atoms with Crippen LogP contribution in [0.5, 0.6) is 0 Å². The van der Waals surface area contributed by atoms with Crippen molar-refractivity contribution in [2.75, 3.05) is 0 Å². The number of ketones is 1. The highest BCUT2D eigenvalue weighted by atomic mass is 19.1. The van der Waals surface area contributed by atoms with Crippen LogP contribution in [0.15, 0.2) is 65.0 Å². The number of carbonyl (C=O) groups is 1. The van der Waals surface area contributed by atoms with Gasteiger partial charge in [0, 0.05) is 12.8 Å². The Kier molecular flexibility index (Phi) is 6.70. The highest BCUT2D eigenvalue weighted by molar-refractivity contribution is 6.23. The van der Waals surface area contributed by atoms with Gasteiger partial charge >= 0.3 is 0 Å². The van der Waals surface area contributed by atoms with E-state index in [-0.39, 0.29) is 29.4 Å². The zero-order valence-electron chi connectivity index (χ0n) is 17.7. The molecule has 0 spiro atoms. The van der Waals surface area contributed by atoms with Gasteiger partial charge in [0.1, 0.15) is 18.2 Å². The molecule has 0 fully saturated rings. The average molecular weight is 410 g/mol. The van der Waals surface area contributed by atoms with E-state index in [0.29, 0.717) is 30.5 Å². The second-order valence-corrected chi connectivity index (χ2v) is 8.53. The van der Waals surface area contributed by atoms with Crippen molar-refractivity contribution in [3.05, 3.63) is 71.2 Å². The van der Waals surface area contributed by atoms with Crippen molar-refractivity contribution in [3.8, 4) is 11.1 Å². The molecule has 1 N–H and O–H groups in total. The number of aliphatic hydroxyl groups is 1. The number of hydrogen-bond acceptors (Lipinski definition) is 4. The first-order valence-electron chi connectivity index (χ1n) is 10.3. The smallest absolute Gasteiger partial charge is 0.168 e. The van der Waals surface area contributed by atoms with Gasteiger partial charge in [-0.1, -0.05) is 68.7 Å². The SMILES string of the molecule is CCCC(=NOCc1ccc(-c2ccc(F)cc2)cc1)C1=C(O)CC(C)(C)CC1=O. The zero-order chi connectivity index (χ0) is 21.7. The molecule has 2 aromatic carbocycles. The molecule has 0 bridgehead atoms. The maximum absolute atomic E-state index is 13.1. The number of carbonyl (C=O) groups excluding carboxylic acids is 1. The van der Waals surface area contributed by atoms with E-state index >= 15 is 0 Å². The molecule has 0 atom stereocenters. The predicted octanol–water partition coefficient (Wildman–Crippen LogP) is 6.37. The van der Waals surface area contributed by atoms with Crippen molar-refractivity contribution in [1.82, 2.24) is 0 Å². The molecule has 3 rings (SSSR count). The van der Waals surface area contributed by atoms with Crippen molar-refractivity contribution in [2.24, 2.45) is 10.6 Å². The Labute approximate surface area is 177 Å². The summed E-state index contributed by atoms with van der Waals surface area (Å²) in [5.74, 6) is -0.232. The molecule has 0 saturated heterocycles. The monoisotopic (exact) mass is 409 g/mol. The van der Waals surface area contributed by atoms with Crippen LogP contribution in [-0.2, 0) is 16.2 Å². The molecule has 1 aliphatic rings. The molecule has 4 nitrogen and oxygen atoms in total. The fourth-order valence-electron chi connectivity index (χ4n) is 3.69. The van der Waals surface area contributed by atoms with E-state index in [2.05, 4.69) is 5.16 Å². The Morgan fingerprint density at radius 1 is 1.07 bits per heavy atom. The summed E-state index contributed by atoms with van der Waals surface area (Å²) < 4.78 is 13.1. The Hall–Kier alpha value is -2.95. The van der Waals surface area contributed by atoms with Gasteiger partial charge in [0.2, 0.25) is 0 Å². The van der Waals surface area contributed by atoms with Crippen molar-refractivity contribution >= 4 is 11.5 Å². The van der Waals surface area contributed by atoms with Gasteiger partial charge in [0.25, 0.3) is 0 Å². The minimum Gasteiger partial charge on any atom is -0.511 e. The Bertz CT molecular complexity index is 957. The number of benzene rings is 2. The molecule has 30 heavy (non-hydrogen) atoms. The second-order valence-electron chi connectivity index (χ2n) is 8.53. The van der Waals surface area contributed by atoms with Crippen molar-refractivity contribution in [1.29, 1.82) is 0 Å². The molecular weight excluding hydrogens is 381 g/mol. The third kappa shape index (κ3) is 5.35. The summed E-state index contributed by atoms with van der Waals surface area (Å²) in [5, 5.41) is 14.7. The van der Waals surface area contributed by atoms with Crippen LogP contribution in [0.3, 0.4) is 0 Å².